The highest BCUT2D eigenvalue weighted by Crippen LogP contribution is 2.27. The number of nitrogens with one attached hydrogen (secondary N) is 1. The number of allylic oxidation sites excluding steroid dienone is 3. The first kappa shape index (κ1) is 21.0. The molecule has 0 saturated carbocycles. The summed E-state index contributed by atoms with van der Waals surface area (Å²) in [7, 11) is 7.13. The summed E-state index contributed by atoms with van der Waals surface area (Å²) in [5.74, 6) is 0. The lowest BCUT2D eigenvalue weighted by molar-refractivity contribution is -0.0972. The predicted molar refractivity (Wildman–Crippen MR) is 112 cm³/mol. The van der Waals surface area contributed by atoms with Gasteiger partial charge in [-0.25, -0.2) is 10.1 Å². The van der Waals surface area contributed by atoms with E-state index in [1.165, 1.54) is 0 Å². The Morgan fingerprint density at radius 3 is 2.50 bits per heavy atom. The summed E-state index contributed by atoms with van der Waals surface area (Å²) in [5.41, 5.74) is 2.53. The highest BCUT2D eigenvalue weighted by molar-refractivity contribution is 5.91. The van der Waals surface area contributed by atoms with Gasteiger partial charge in [-0.15, -0.1) is 0 Å². The van der Waals surface area contributed by atoms with Gasteiger partial charge in [-0.1, -0.05) is 18.2 Å². The van der Waals surface area contributed by atoms with Gasteiger partial charge in [0, 0.05) is 39.6 Å². The summed E-state index contributed by atoms with van der Waals surface area (Å²) in [4.78, 5) is 5.43. The van der Waals surface area contributed by atoms with Gasteiger partial charge in [0.15, 0.2) is 6.29 Å². The molecule has 0 aromatic heterocycles. The van der Waals surface area contributed by atoms with Crippen molar-refractivity contribution in [1.29, 1.82) is 5.26 Å². The van der Waals surface area contributed by atoms with Gasteiger partial charge in [-0.05, 0) is 46.8 Å². The molecule has 0 unspecified atom stereocenters. The molecule has 0 saturated heterocycles. The molecule has 6 heteroatoms. The van der Waals surface area contributed by atoms with Crippen LogP contribution in [0.1, 0.15) is 5.56 Å². The second-order valence-corrected chi connectivity index (χ2v) is 6.27. The van der Waals surface area contributed by atoms with Crippen LogP contribution in [0.15, 0.2) is 54.4 Å². The summed E-state index contributed by atoms with van der Waals surface area (Å²) >= 11 is 0. The quantitative estimate of drug-likeness (QED) is 0.329. The van der Waals surface area contributed by atoms with Crippen molar-refractivity contribution in [2.24, 2.45) is 0 Å². The van der Waals surface area contributed by atoms with E-state index in [0.717, 1.165) is 22.0 Å². The lowest BCUT2D eigenvalue weighted by Gasteiger charge is -2.14. The lowest BCUT2D eigenvalue weighted by atomic mass is 9.99. The van der Waals surface area contributed by atoms with Gasteiger partial charge in [-0.3, -0.25) is 0 Å². The van der Waals surface area contributed by atoms with Crippen molar-refractivity contribution >= 4 is 22.0 Å². The zero-order valence-corrected chi connectivity index (χ0v) is 16.6. The Morgan fingerprint density at radius 2 is 1.89 bits per heavy atom. The molecule has 0 spiro atoms. The van der Waals surface area contributed by atoms with E-state index >= 15 is 0 Å². The standard InChI is InChI=1S/C22H24N4O2/c1-24-21(14-23)20(10-11-25-15-22(27-4)28-5)18-7-6-17-13-19(26(2)3)9-8-16(17)12-18/h6-13,22,25H,15H2,2-5H3/b11-10-,21-20-. The summed E-state index contributed by atoms with van der Waals surface area (Å²) in [5, 5.41) is 14.6. The highest BCUT2D eigenvalue weighted by Gasteiger charge is 2.09. The number of hydrogen-bond acceptors (Lipinski definition) is 5. The normalized spacial score (nSPS) is 12.0. The minimum atomic E-state index is -0.375. The molecule has 0 atom stereocenters. The summed E-state index contributed by atoms with van der Waals surface area (Å²) in [6.07, 6.45) is 3.05. The van der Waals surface area contributed by atoms with Gasteiger partial charge in [0.05, 0.1) is 19.2 Å². The Balaban J connectivity index is 2.37. The maximum atomic E-state index is 9.37. The molecular weight excluding hydrogens is 352 g/mol. The van der Waals surface area contributed by atoms with Crippen LogP contribution >= 0.6 is 0 Å². The highest BCUT2D eigenvalue weighted by atomic mass is 16.7. The van der Waals surface area contributed by atoms with Crippen LogP contribution in [-0.2, 0) is 9.47 Å². The zero-order chi connectivity index (χ0) is 20.5. The largest absolute Gasteiger partial charge is 0.386 e. The van der Waals surface area contributed by atoms with Crippen molar-refractivity contribution in [2.75, 3.05) is 39.8 Å². The summed E-state index contributed by atoms with van der Waals surface area (Å²) < 4.78 is 10.2. The molecule has 2 rings (SSSR count). The van der Waals surface area contributed by atoms with Crippen molar-refractivity contribution in [3.8, 4) is 6.07 Å². The van der Waals surface area contributed by atoms with E-state index in [0.29, 0.717) is 12.1 Å². The van der Waals surface area contributed by atoms with Crippen molar-refractivity contribution < 1.29 is 9.47 Å². The summed E-state index contributed by atoms with van der Waals surface area (Å²) in [6, 6.07) is 14.1. The molecule has 6 nitrogen and oxygen atoms in total. The van der Waals surface area contributed by atoms with E-state index in [2.05, 4.69) is 16.2 Å². The third kappa shape index (κ3) is 5.11. The molecular formula is C22H24N4O2. The average Bonchev–Trinajstić information content (AvgIpc) is 2.72. The minimum absolute atomic E-state index is 0.0392. The topological polar surface area (TPSA) is 61.9 Å². The molecule has 0 aliphatic heterocycles. The fourth-order valence-corrected chi connectivity index (χ4v) is 2.71. The maximum absolute atomic E-state index is 9.37. The number of benzene rings is 2. The first-order valence-electron chi connectivity index (χ1n) is 8.73. The second-order valence-electron chi connectivity index (χ2n) is 6.27. The van der Waals surface area contributed by atoms with Crippen LogP contribution < -0.4 is 10.2 Å². The van der Waals surface area contributed by atoms with E-state index in [1.807, 2.05) is 55.4 Å². The number of ether oxygens (including phenoxy) is 2. The monoisotopic (exact) mass is 376 g/mol. The third-order valence-electron chi connectivity index (χ3n) is 4.30. The third-order valence-corrected chi connectivity index (χ3v) is 4.30. The number of fused-ring (bicyclic) bond motifs is 1. The van der Waals surface area contributed by atoms with Crippen LogP contribution in [0, 0.1) is 17.9 Å². The van der Waals surface area contributed by atoms with E-state index in [4.69, 9.17) is 16.0 Å². The SMILES string of the molecule is [C-]#[N+]/C(C#N)=C(/C=C\NCC(OC)OC)c1ccc2cc(N(C)C)ccc2c1. The van der Waals surface area contributed by atoms with Gasteiger partial charge in [0.1, 0.15) is 0 Å². The zero-order valence-electron chi connectivity index (χ0n) is 16.6. The van der Waals surface area contributed by atoms with E-state index in [1.54, 1.807) is 26.5 Å². The van der Waals surface area contributed by atoms with Gasteiger partial charge in [0.2, 0.25) is 0 Å². The Bertz CT molecular complexity index is 945. The molecule has 0 amide bonds. The van der Waals surface area contributed by atoms with Crippen molar-refractivity contribution in [2.45, 2.75) is 6.29 Å². The van der Waals surface area contributed by atoms with Crippen LogP contribution in [0.25, 0.3) is 21.2 Å². The van der Waals surface area contributed by atoms with Crippen molar-refractivity contribution in [1.82, 2.24) is 5.32 Å². The molecule has 0 aliphatic carbocycles. The first-order valence-corrected chi connectivity index (χ1v) is 8.73. The number of anilines is 1. The van der Waals surface area contributed by atoms with E-state index in [-0.39, 0.29) is 12.0 Å². The molecule has 0 radical (unpaired) electrons. The van der Waals surface area contributed by atoms with Crippen LogP contribution in [-0.4, -0.2) is 41.1 Å². The molecule has 144 valence electrons. The fourth-order valence-electron chi connectivity index (χ4n) is 2.71. The molecule has 28 heavy (non-hydrogen) atoms. The predicted octanol–water partition coefficient (Wildman–Crippen LogP) is 3.78. The van der Waals surface area contributed by atoms with Gasteiger partial charge < -0.3 is 19.7 Å². The van der Waals surface area contributed by atoms with Gasteiger partial charge >= 0.3 is 0 Å². The number of nitrogens with zero attached hydrogens (tertiary/aromatic N) is 3. The van der Waals surface area contributed by atoms with E-state index in [9.17, 15) is 5.26 Å². The lowest BCUT2D eigenvalue weighted by Crippen LogP contribution is -2.26. The molecule has 2 aromatic carbocycles. The fraction of sp³-hybridized carbons (Fsp3) is 0.273. The Labute approximate surface area is 166 Å². The Hall–Kier alpha value is -3.32. The average molecular weight is 376 g/mol. The number of rotatable bonds is 8. The molecule has 0 aliphatic rings. The van der Waals surface area contributed by atoms with Crippen LogP contribution in [0.4, 0.5) is 5.69 Å². The summed E-state index contributed by atoms with van der Waals surface area (Å²) in [6.45, 7) is 7.78. The molecule has 0 heterocycles. The van der Waals surface area contributed by atoms with Crippen molar-refractivity contribution in [3.63, 3.8) is 0 Å². The van der Waals surface area contributed by atoms with E-state index < -0.39 is 0 Å². The molecule has 0 bridgehead atoms. The second kappa shape index (κ2) is 10.1. The Kier molecular flexibility index (Phi) is 7.59. The van der Waals surface area contributed by atoms with Crippen LogP contribution in [0.5, 0.6) is 0 Å². The maximum Gasteiger partial charge on any atom is 0.269 e. The molecule has 2 aromatic rings. The number of hydrogen-bond donors (Lipinski definition) is 1. The van der Waals surface area contributed by atoms with Gasteiger partial charge in [0.25, 0.3) is 5.70 Å². The smallest absolute Gasteiger partial charge is 0.269 e. The Morgan fingerprint density at radius 1 is 1.21 bits per heavy atom. The minimum Gasteiger partial charge on any atom is -0.386 e. The van der Waals surface area contributed by atoms with Crippen LogP contribution in [0.2, 0.25) is 0 Å². The van der Waals surface area contributed by atoms with Gasteiger partial charge in [-0.2, -0.15) is 0 Å². The number of nitriles is 1. The van der Waals surface area contributed by atoms with Crippen molar-refractivity contribution in [3.05, 3.63) is 71.4 Å². The first-order chi connectivity index (χ1) is 13.5. The molecule has 1 N–H and O–H groups in total. The number of methoxy groups -OCH3 is 2. The molecule has 0 fully saturated rings. The van der Waals surface area contributed by atoms with Crippen LogP contribution in [0.3, 0.4) is 0 Å².